The Kier molecular flexibility index (Phi) is 11.5. The van der Waals surface area contributed by atoms with Gasteiger partial charge in [-0.05, 0) is 93.8 Å². The van der Waals surface area contributed by atoms with Crippen molar-refractivity contribution in [3.8, 4) is 0 Å². The lowest BCUT2D eigenvalue weighted by atomic mass is 9.73. The van der Waals surface area contributed by atoms with Crippen molar-refractivity contribution in [2.75, 3.05) is 0 Å². The number of hydrogen-bond acceptors (Lipinski definition) is 0. The van der Waals surface area contributed by atoms with Crippen molar-refractivity contribution in [3.63, 3.8) is 0 Å². The van der Waals surface area contributed by atoms with E-state index in [0.717, 1.165) is 35.5 Å². The molecule has 0 heterocycles. The van der Waals surface area contributed by atoms with Crippen LogP contribution < -0.4 is 0 Å². The molecule has 0 bridgehead atoms. The van der Waals surface area contributed by atoms with Crippen LogP contribution >= 0.6 is 0 Å². The van der Waals surface area contributed by atoms with Crippen molar-refractivity contribution in [2.24, 2.45) is 35.5 Å². The zero-order valence-corrected chi connectivity index (χ0v) is 21.7. The predicted molar refractivity (Wildman–Crippen MR) is 138 cm³/mol. The SMILES string of the molecule is CCCCCC1CCC(C=C(C)C2CCC(CCC3CCC(CCC)CC3)CC2)CC1. The van der Waals surface area contributed by atoms with Crippen LogP contribution in [0.2, 0.25) is 0 Å². The van der Waals surface area contributed by atoms with Gasteiger partial charge in [0.05, 0.1) is 0 Å². The molecule has 0 unspecified atom stereocenters. The fourth-order valence-corrected chi connectivity index (χ4v) is 7.43. The van der Waals surface area contributed by atoms with E-state index in [0.29, 0.717) is 0 Å². The first-order chi connectivity index (χ1) is 15.2. The monoisotopic (exact) mass is 428 g/mol. The minimum atomic E-state index is 0.906. The lowest BCUT2D eigenvalue weighted by molar-refractivity contribution is 0.219. The molecule has 0 aromatic heterocycles. The maximum Gasteiger partial charge on any atom is -0.0206 e. The largest absolute Gasteiger partial charge is 0.0822 e. The summed E-state index contributed by atoms with van der Waals surface area (Å²) in [7, 11) is 0. The van der Waals surface area contributed by atoms with Gasteiger partial charge in [0, 0.05) is 0 Å². The van der Waals surface area contributed by atoms with Crippen molar-refractivity contribution in [2.45, 2.75) is 149 Å². The summed E-state index contributed by atoms with van der Waals surface area (Å²) in [6, 6.07) is 0. The van der Waals surface area contributed by atoms with Crippen LogP contribution in [0.1, 0.15) is 149 Å². The Morgan fingerprint density at radius 3 is 1.58 bits per heavy atom. The molecule has 0 amide bonds. The standard InChI is InChI=1S/C31H56/c1-4-6-7-9-27-16-18-30(19-17-27)24-25(3)31-22-20-29(21-23-31)15-14-28-12-10-26(8-5-2)11-13-28/h24,26-31H,4-23H2,1-3H3. The third-order valence-corrected chi connectivity index (χ3v) is 9.74. The summed E-state index contributed by atoms with van der Waals surface area (Å²) in [5.74, 6) is 6.07. The van der Waals surface area contributed by atoms with Gasteiger partial charge >= 0.3 is 0 Å². The molecule has 0 aromatic carbocycles. The average Bonchev–Trinajstić information content (AvgIpc) is 2.80. The van der Waals surface area contributed by atoms with E-state index in [-0.39, 0.29) is 0 Å². The van der Waals surface area contributed by atoms with E-state index >= 15 is 0 Å². The van der Waals surface area contributed by atoms with E-state index in [1.807, 2.05) is 0 Å². The Morgan fingerprint density at radius 1 is 0.548 bits per heavy atom. The normalized spacial score (nSPS) is 35.3. The fraction of sp³-hybridized carbons (Fsp3) is 0.935. The minimum absolute atomic E-state index is 0.906. The molecule has 31 heavy (non-hydrogen) atoms. The van der Waals surface area contributed by atoms with Crippen LogP contribution in [0.25, 0.3) is 0 Å². The number of rotatable bonds is 11. The summed E-state index contributed by atoms with van der Waals surface area (Å²) < 4.78 is 0. The first-order valence-electron chi connectivity index (χ1n) is 14.9. The molecule has 0 saturated heterocycles. The van der Waals surface area contributed by atoms with E-state index in [1.54, 1.807) is 31.3 Å². The lowest BCUT2D eigenvalue weighted by Crippen LogP contribution is -2.19. The van der Waals surface area contributed by atoms with Crippen LogP contribution in [0.5, 0.6) is 0 Å². The van der Waals surface area contributed by atoms with Gasteiger partial charge in [-0.2, -0.15) is 0 Å². The molecular weight excluding hydrogens is 372 g/mol. The maximum absolute atomic E-state index is 2.74. The van der Waals surface area contributed by atoms with Crippen LogP contribution in [-0.4, -0.2) is 0 Å². The molecule has 0 aromatic rings. The van der Waals surface area contributed by atoms with Crippen LogP contribution in [0.3, 0.4) is 0 Å². The summed E-state index contributed by atoms with van der Waals surface area (Å²) in [4.78, 5) is 0. The summed E-state index contributed by atoms with van der Waals surface area (Å²) in [5.41, 5.74) is 1.77. The molecule has 3 fully saturated rings. The van der Waals surface area contributed by atoms with Crippen LogP contribution in [0.15, 0.2) is 11.6 Å². The Hall–Kier alpha value is -0.260. The van der Waals surface area contributed by atoms with Crippen molar-refractivity contribution in [1.29, 1.82) is 0 Å². The number of allylic oxidation sites excluding steroid dienone is 2. The van der Waals surface area contributed by atoms with Crippen molar-refractivity contribution in [3.05, 3.63) is 11.6 Å². The Balaban J connectivity index is 1.29. The van der Waals surface area contributed by atoms with E-state index < -0.39 is 0 Å². The Labute approximate surface area is 196 Å². The molecule has 3 rings (SSSR count). The quantitative estimate of drug-likeness (QED) is 0.227. The van der Waals surface area contributed by atoms with Crippen LogP contribution in [-0.2, 0) is 0 Å². The first-order valence-corrected chi connectivity index (χ1v) is 14.9. The topological polar surface area (TPSA) is 0 Å². The molecule has 0 aliphatic heterocycles. The Morgan fingerprint density at radius 2 is 1.03 bits per heavy atom. The second kappa shape index (κ2) is 14.1. The third kappa shape index (κ3) is 8.89. The fourth-order valence-electron chi connectivity index (χ4n) is 7.43. The molecule has 3 saturated carbocycles. The molecule has 0 N–H and O–H groups in total. The van der Waals surface area contributed by atoms with Gasteiger partial charge in [0.25, 0.3) is 0 Å². The number of unbranched alkanes of at least 4 members (excludes halogenated alkanes) is 2. The zero-order valence-electron chi connectivity index (χ0n) is 21.7. The maximum atomic E-state index is 2.74. The molecule has 0 heteroatoms. The predicted octanol–water partition coefficient (Wildman–Crippen LogP) is 10.5. The van der Waals surface area contributed by atoms with Crippen molar-refractivity contribution < 1.29 is 0 Å². The molecule has 0 spiro atoms. The molecule has 3 aliphatic rings. The van der Waals surface area contributed by atoms with Gasteiger partial charge in [-0.15, -0.1) is 0 Å². The van der Waals surface area contributed by atoms with Gasteiger partial charge in [0.1, 0.15) is 0 Å². The van der Waals surface area contributed by atoms with Crippen LogP contribution in [0.4, 0.5) is 0 Å². The van der Waals surface area contributed by atoms with Crippen molar-refractivity contribution in [1.82, 2.24) is 0 Å². The highest BCUT2D eigenvalue weighted by Gasteiger charge is 2.26. The number of hydrogen-bond donors (Lipinski definition) is 0. The molecule has 3 aliphatic carbocycles. The van der Waals surface area contributed by atoms with E-state index in [1.165, 1.54) is 103 Å². The summed E-state index contributed by atoms with van der Waals surface area (Å²) in [6.07, 6.45) is 32.7. The molecule has 0 atom stereocenters. The summed E-state index contributed by atoms with van der Waals surface area (Å²) in [5, 5.41) is 0. The van der Waals surface area contributed by atoms with Crippen LogP contribution in [0, 0.1) is 35.5 Å². The highest BCUT2D eigenvalue weighted by Crippen LogP contribution is 2.40. The molecule has 0 radical (unpaired) electrons. The lowest BCUT2D eigenvalue weighted by Gasteiger charge is -2.33. The average molecular weight is 429 g/mol. The molecule has 180 valence electrons. The van der Waals surface area contributed by atoms with E-state index in [2.05, 4.69) is 26.8 Å². The first kappa shape index (κ1) is 25.4. The van der Waals surface area contributed by atoms with E-state index in [4.69, 9.17) is 0 Å². The van der Waals surface area contributed by atoms with Gasteiger partial charge in [-0.3, -0.25) is 0 Å². The third-order valence-electron chi connectivity index (χ3n) is 9.74. The molecular formula is C31H56. The van der Waals surface area contributed by atoms with Gasteiger partial charge in [-0.1, -0.05) is 103 Å². The summed E-state index contributed by atoms with van der Waals surface area (Å²) >= 11 is 0. The second-order valence-electron chi connectivity index (χ2n) is 12.2. The van der Waals surface area contributed by atoms with Gasteiger partial charge < -0.3 is 0 Å². The minimum Gasteiger partial charge on any atom is -0.0822 e. The smallest absolute Gasteiger partial charge is 0.0206 e. The molecule has 0 nitrogen and oxygen atoms in total. The van der Waals surface area contributed by atoms with Gasteiger partial charge in [0.15, 0.2) is 0 Å². The van der Waals surface area contributed by atoms with Gasteiger partial charge in [0.2, 0.25) is 0 Å². The van der Waals surface area contributed by atoms with Crippen molar-refractivity contribution >= 4 is 0 Å². The second-order valence-corrected chi connectivity index (χ2v) is 12.2. The highest BCUT2D eigenvalue weighted by atomic mass is 14.3. The Bertz CT molecular complexity index is 478. The summed E-state index contributed by atoms with van der Waals surface area (Å²) in [6.45, 7) is 7.17. The highest BCUT2D eigenvalue weighted by molar-refractivity contribution is 5.07. The van der Waals surface area contributed by atoms with Gasteiger partial charge in [-0.25, -0.2) is 0 Å². The zero-order chi connectivity index (χ0) is 21.9. The van der Waals surface area contributed by atoms with E-state index in [9.17, 15) is 0 Å².